The van der Waals surface area contributed by atoms with Crippen molar-refractivity contribution in [2.75, 3.05) is 7.11 Å². The van der Waals surface area contributed by atoms with Gasteiger partial charge in [-0.2, -0.15) is 0 Å². The second kappa shape index (κ2) is 7.01. The van der Waals surface area contributed by atoms with Crippen LogP contribution in [0.1, 0.15) is 35.3 Å². The first-order chi connectivity index (χ1) is 12.0. The summed E-state index contributed by atoms with van der Waals surface area (Å²) in [5.41, 5.74) is 2.92. The van der Waals surface area contributed by atoms with E-state index in [-0.39, 0.29) is 11.6 Å². The SMILES string of the molecule is COC(=O)c1ccc(CN2C=CN(Cc3ccccc3)C2(C)C)cc1. The van der Waals surface area contributed by atoms with Crippen molar-refractivity contribution >= 4 is 5.97 Å². The van der Waals surface area contributed by atoms with Gasteiger partial charge in [0, 0.05) is 25.5 Å². The van der Waals surface area contributed by atoms with Gasteiger partial charge in [-0.1, -0.05) is 42.5 Å². The molecule has 0 aliphatic carbocycles. The third kappa shape index (κ3) is 3.68. The van der Waals surface area contributed by atoms with Crippen LogP contribution in [0.15, 0.2) is 67.0 Å². The van der Waals surface area contributed by atoms with Crippen LogP contribution in [0.4, 0.5) is 0 Å². The van der Waals surface area contributed by atoms with E-state index >= 15 is 0 Å². The Bertz CT molecular complexity index is 751. The number of carbonyl (C=O) groups is 1. The summed E-state index contributed by atoms with van der Waals surface area (Å²) in [5, 5.41) is 0. The largest absolute Gasteiger partial charge is 0.465 e. The Morgan fingerprint density at radius 1 is 0.880 bits per heavy atom. The van der Waals surface area contributed by atoms with Crippen LogP contribution in [0.3, 0.4) is 0 Å². The highest BCUT2D eigenvalue weighted by atomic mass is 16.5. The van der Waals surface area contributed by atoms with Crippen LogP contribution < -0.4 is 0 Å². The highest BCUT2D eigenvalue weighted by Gasteiger charge is 2.34. The van der Waals surface area contributed by atoms with Crippen LogP contribution >= 0.6 is 0 Å². The molecule has 1 aliphatic rings. The number of hydrogen-bond donors (Lipinski definition) is 0. The van der Waals surface area contributed by atoms with Crippen molar-refractivity contribution in [3.8, 4) is 0 Å². The Balaban J connectivity index is 1.67. The van der Waals surface area contributed by atoms with Crippen LogP contribution in [0.5, 0.6) is 0 Å². The number of esters is 1. The van der Waals surface area contributed by atoms with Crippen molar-refractivity contribution in [3.63, 3.8) is 0 Å². The standard InChI is InChI=1S/C21H24N2O2/c1-21(2)22(15-17-7-5-4-6-8-17)13-14-23(21)16-18-9-11-19(12-10-18)20(24)25-3/h4-14H,15-16H2,1-3H3. The molecule has 0 spiro atoms. The molecule has 0 atom stereocenters. The lowest BCUT2D eigenvalue weighted by Crippen LogP contribution is -2.47. The minimum Gasteiger partial charge on any atom is -0.465 e. The summed E-state index contributed by atoms with van der Waals surface area (Å²) in [7, 11) is 1.40. The summed E-state index contributed by atoms with van der Waals surface area (Å²) in [6.45, 7) is 6.11. The quantitative estimate of drug-likeness (QED) is 0.773. The van der Waals surface area contributed by atoms with E-state index in [0.717, 1.165) is 18.7 Å². The molecule has 4 heteroatoms. The lowest BCUT2D eigenvalue weighted by molar-refractivity contribution is 0.0525. The number of rotatable bonds is 5. The summed E-state index contributed by atoms with van der Waals surface area (Å²) in [6, 6.07) is 18.1. The van der Waals surface area contributed by atoms with Gasteiger partial charge in [-0.05, 0) is 37.1 Å². The summed E-state index contributed by atoms with van der Waals surface area (Å²) in [6.07, 6.45) is 4.28. The molecular formula is C21H24N2O2. The maximum absolute atomic E-state index is 11.5. The van der Waals surface area contributed by atoms with Crippen molar-refractivity contribution in [2.24, 2.45) is 0 Å². The molecule has 130 valence electrons. The predicted molar refractivity (Wildman–Crippen MR) is 98.5 cm³/mol. The molecule has 0 aromatic heterocycles. The van der Waals surface area contributed by atoms with Crippen LogP contribution in [-0.4, -0.2) is 28.5 Å². The molecule has 0 bridgehead atoms. The first-order valence-electron chi connectivity index (χ1n) is 8.44. The van der Waals surface area contributed by atoms with Gasteiger partial charge in [-0.3, -0.25) is 0 Å². The zero-order valence-corrected chi connectivity index (χ0v) is 15.0. The van der Waals surface area contributed by atoms with Crippen LogP contribution in [0.25, 0.3) is 0 Å². The van der Waals surface area contributed by atoms with Gasteiger partial charge in [0.05, 0.1) is 12.7 Å². The molecule has 1 aliphatic heterocycles. The van der Waals surface area contributed by atoms with E-state index in [1.807, 2.05) is 30.3 Å². The number of nitrogens with zero attached hydrogens (tertiary/aromatic N) is 2. The van der Waals surface area contributed by atoms with Gasteiger partial charge in [0.15, 0.2) is 0 Å². The minimum absolute atomic E-state index is 0.114. The molecule has 0 amide bonds. The van der Waals surface area contributed by atoms with Crippen molar-refractivity contribution in [1.29, 1.82) is 0 Å². The molecular weight excluding hydrogens is 312 g/mol. The molecule has 4 nitrogen and oxygen atoms in total. The highest BCUT2D eigenvalue weighted by Crippen LogP contribution is 2.30. The molecule has 2 aromatic rings. The molecule has 1 heterocycles. The van der Waals surface area contributed by atoms with Gasteiger partial charge in [0.1, 0.15) is 5.66 Å². The number of hydrogen-bond acceptors (Lipinski definition) is 4. The van der Waals surface area contributed by atoms with E-state index in [1.165, 1.54) is 12.7 Å². The second-order valence-electron chi connectivity index (χ2n) is 6.72. The smallest absolute Gasteiger partial charge is 0.337 e. The van der Waals surface area contributed by atoms with Crippen molar-refractivity contribution in [1.82, 2.24) is 9.80 Å². The minimum atomic E-state index is -0.304. The number of benzene rings is 2. The van der Waals surface area contributed by atoms with Gasteiger partial charge < -0.3 is 14.5 Å². The number of ether oxygens (including phenoxy) is 1. The summed E-state index contributed by atoms with van der Waals surface area (Å²) >= 11 is 0. The molecule has 0 radical (unpaired) electrons. The van der Waals surface area contributed by atoms with Gasteiger partial charge >= 0.3 is 5.97 Å². The summed E-state index contributed by atoms with van der Waals surface area (Å²) < 4.78 is 4.75. The fourth-order valence-electron chi connectivity index (χ4n) is 3.02. The molecule has 2 aromatic carbocycles. The van der Waals surface area contributed by atoms with E-state index < -0.39 is 0 Å². The molecule has 0 saturated carbocycles. The third-order valence-electron chi connectivity index (χ3n) is 4.76. The average molecular weight is 336 g/mol. The van der Waals surface area contributed by atoms with E-state index in [1.54, 1.807) is 0 Å². The first-order valence-corrected chi connectivity index (χ1v) is 8.44. The van der Waals surface area contributed by atoms with Crippen LogP contribution in [0, 0.1) is 0 Å². The monoisotopic (exact) mass is 336 g/mol. The van der Waals surface area contributed by atoms with Crippen molar-refractivity contribution < 1.29 is 9.53 Å². The van der Waals surface area contributed by atoms with Crippen molar-refractivity contribution in [3.05, 3.63) is 83.7 Å². The third-order valence-corrected chi connectivity index (χ3v) is 4.76. The molecule has 3 rings (SSSR count). The topological polar surface area (TPSA) is 32.8 Å². The van der Waals surface area contributed by atoms with Crippen LogP contribution in [-0.2, 0) is 17.8 Å². The highest BCUT2D eigenvalue weighted by molar-refractivity contribution is 5.89. The maximum Gasteiger partial charge on any atom is 0.337 e. The number of carbonyl (C=O) groups excluding carboxylic acids is 1. The normalized spacial score (nSPS) is 15.5. The number of methoxy groups -OCH3 is 1. The zero-order chi connectivity index (χ0) is 17.9. The Hall–Kier alpha value is -2.75. The molecule has 0 N–H and O–H groups in total. The fraction of sp³-hybridized carbons (Fsp3) is 0.286. The fourth-order valence-corrected chi connectivity index (χ4v) is 3.02. The van der Waals surface area contributed by atoms with Gasteiger partial charge in [0.25, 0.3) is 0 Å². The van der Waals surface area contributed by atoms with E-state index in [2.05, 4.69) is 60.3 Å². The predicted octanol–water partition coefficient (Wildman–Crippen LogP) is 4.00. The van der Waals surface area contributed by atoms with Gasteiger partial charge in [-0.25, -0.2) is 4.79 Å². The van der Waals surface area contributed by atoms with Gasteiger partial charge in [-0.15, -0.1) is 0 Å². The lowest BCUT2D eigenvalue weighted by Gasteiger charge is -2.40. The van der Waals surface area contributed by atoms with Crippen molar-refractivity contribution in [2.45, 2.75) is 32.6 Å². The molecule has 25 heavy (non-hydrogen) atoms. The molecule has 0 fully saturated rings. The second-order valence-corrected chi connectivity index (χ2v) is 6.72. The Morgan fingerprint density at radius 3 is 1.92 bits per heavy atom. The summed E-state index contributed by atoms with van der Waals surface area (Å²) in [5.74, 6) is -0.304. The lowest BCUT2D eigenvalue weighted by atomic mass is 10.1. The zero-order valence-electron chi connectivity index (χ0n) is 15.0. The Labute approximate surface area is 149 Å². The molecule has 0 saturated heterocycles. The molecule has 0 unspecified atom stereocenters. The first kappa shape index (κ1) is 17.1. The van der Waals surface area contributed by atoms with E-state index in [9.17, 15) is 4.79 Å². The van der Waals surface area contributed by atoms with Gasteiger partial charge in [0.2, 0.25) is 0 Å². The van der Waals surface area contributed by atoms with E-state index in [0.29, 0.717) is 5.56 Å². The van der Waals surface area contributed by atoms with Crippen LogP contribution in [0.2, 0.25) is 0 Å². The Morgan fingerprint density at radius 2 is 1.40 bits per heavy atom. The average Bonchev–Trinajstić information content (AvgIpc) is 2.90. The Kier molecular flexibility index (Phi) is 4.79. The maximum atomic E-state index is 11.5. The van der Waals surface area contributed by atoms with E-state index in [4.69, 9.17) is 4.74 Å². The summed E-state index contributed by atoms with van der Waals surface area (Å²) in [4.78, 5) is 16.2.